The molecule has 4 nitrogen and oxygen atoms in total. The molecule has 0 saturated heterocycles. The zero-order valence-corrected chi connectivity index (χ0v) is 18.3. The van der Waals surface area contributed by atoms with Crippen LogP contribution >= 0.6 is 24.0 Å². The minimum atomic E-state index is 0. The summed E-state index contributed by atoms with van der Waals surface area (Å²) < 4.78 is 17.1. The van der Waals surface area contributed by atoms with Gasteiger partial charge in [0.05, 0.1) is 7.11 Å². The van der Waals surface area contributed by atoms with Gasteiger partial charge in [-0.05, 0) is 31.5 Å². The second-order valence-corrected chi connectivity index (χ2v) is 6.73. The molecule has 2 aromatic rings. The van der Waals surface area contributed by atoms with E-state index in [0.717, 1.165) is 55.2 Å². The highest BCUT2D eigenvalue weighted by molar-refractivity contribution is 6.31. The second-order valence-electron chi connectivity index (χ2n) is 6.32. The summed E-state index contributed by atoms with van der Waals surface area (Å²) >= 11 is 6.23. The zero-order valence-electron chi connectivity index (χ0n) is 16.7. The first kappa shape index (κ1) is 24.6. The second kappa shape index (κ2) is 14.5. The average molecular weight is 428 g/mol. The number of hydrogen-bond donors (Lipinski definition) is 1. The summed E-state index contributed by atoms with van der Waals surface area (Å²) in [6, 6.07) is 13.6. The van der Waals surface area contributed by atoms with Crippen LogP contribution in [0, 0.1) is 0 Å². The normalized spacial score (nSPS) is 10.4. The van der Waals surface area contributed by atoms with Crippen LogP contribution in [0.5, 0.6) is 11.5 Å². The molecule has 0 radical (unpaired) electrons. The number of unbranched alkanes of at least 4 members (excludes halogenated alkanes) is 1. The molecule has 0 amide bonds. The first-order chi connectivity index (χ1) is 13.3. The van der Waals surface area contributed by atoms with Crippen molar-refractivity contribution in [3.63, 3.8) is 0 Å². The summed E-state index contributed by atoms with van der Waals surface area (Å²) in [6.45, 7) is 5.83. The Kier molecular flexibility index (Phi) is 12.8. The highest BCUT2D eigenvalue weighted by atomic mass is 35.5. The van der Waals surface area contributed by atoms with Crippen molar-refractivity contribution in [1.29, 1.82) is 0 Å². The van der Waals surface area contributed by atoms with E-state index in [1.807, 2.05) is 36.4 Å². The fourth-order valence-electron chi connectivity index (χ4n) is 2.66. The van der Waals surface area contributed by atoms with E-state index in [-0.39, 0.29) is 12.4 Å². The lowest BCUT2D eigenvalue weighted by molar-refractivity contribution is 0.128. The van der Waals surface area contributed by atoms with Gasteiger partial charge in [0.15, 0.2) is 11.5 Å². The lowest BCUT2D eigenvalue weighted by atomic mass is 10.1. The van der Waals surface area contributed by atoms with Gasteiger partial charge < -0.3 is 19.5 Å². The lowest BCUT2D eigenvalue weighted by Crippen LogP contribution is -2.17. The lowest BCUT2D eigenvalue weighted by Gasteiger charge is -2.16. The molecule has 0 bridgehead atoms. The molecule has 0 fully saturated rings. The standard InChI is InChI=1S/C22H30ClNO3.ClH/c1-3-4-14-26-15-8-13-24-16-18-10-7-12-21(25-2)22(18)27-17-19-9-5-6-11-20(19)23;/h5-7,9-12,24H,3-4,8,13-17H2,1-2H3;1H. The number of hydrogen-bond acceptors (Lipinski definition) is 4. The van der Waals surface area contributed by atoms with Gasteiger partial charge in [0, 0.05) is 35.9 Å². The average Bonchev–Trinajstić information content (AvgIpc) is 2.69. The molecule has 0 aliphatic heterocycles. The Balaban J connectivity index is 0.00000392. The van der Waals surface area contributed by atoms with Crippen LogP contribution in [0.25, 0.3) is 0 Å². The molecule has 2 aromatic carbocycles. The fourth-order valence-corrected chi connectivity index (χ4v) is 2.85. The van der Waals surface area contributed by atoms with E-state index in [0.29, 0.717) is 18.2 Å². The maximum absolute atomic E-state index is 6.23. The third-order valence-electron chi connectivity index (χ3n) is 4.21. The van der Waals surface area contributed by atoms with E-state index in [2.05, 4.69) is 18.3 Å². The molecule has 0 atom stereocenters. The summed E-state index contributed by atoms with van der Waals surface area (Å²) in [5.41, 5.74) is 2.02. The van der Waals surface area contributed by atoms with Crippen molar-refractivity contribution in [2.75, 3.05) is 26.9 Å². The van der Waals surface area contributed by atoms with Crippen molar-refractivity contribution in [3.8, 4) is 11.5 Å². The monoisotopic (exact) mass is 427 g/mol. The third kappa shape index (κ3) is 8.27. The fraction of sp³-hybridized carbons (Fsp3) is 0.455. The third-order valence-corrected chi connectivity index (χ3v) is 4.58. The number of para-hydroxylation sites is 1. The Morgan fingerprint density at radius 3 is 2.46 bits per heavy atom. The van der Waals surface area contributed by atoms with Crippen LogP contribution in [0.2, 0.25) is 5.02 Å². The molecule has 0 aliphatic rings. The van der Waals surface area contributed by atoms with Gasteiger partial charge in [0.25, 0.3) is 0 Å². The highest BCUT2D eigenvalue weighted by Gasteiger charge is 2.11. The molecule has 6 heteroatoms. The Hall–Kier alpha value is -1.46. The van der Waals surface area contributed by atoms with Gasteiger partial charge in [0.2, 0.25) is 0 Å². The van der Waals surface area contributed by atoms with Crippen molar-refractivity contribution in [1.82, 2.24) is 5.32 Å². The summed E-state index contributed by atoms with van der Waals surface area (Å²) in [5, 5.41) is 4.16. The van der Waals surface area contributed by atoms with E-state index in [1.54, 1.807) is 7.11 Å². The molecule has 0 heterocycles. The quantitative estimate of drug-likeness (QED) is 0.419. The van der Waals surface area contributed by atoms with E-state index in [1.165, 1.54) is 6.42 Å². The zero-order chi connectivity index (χ0) is 19.3. The minimum Gasteiger partial charge on any atom is -0.493 e. The van der Waals surface area contributed by atoms with Crippen molar-refractivity contribution >= 4 is 24.0 Å². The first-order valence-corrected chi connectivity index (χ1v) is 9.94. The van der Waals surface area contributed by atoms with Crippen LogP contribution in [0.15, 0.2) is 42.5 Å². The minimum absolute atomic E-state index is 0. The molecule has 0 unspecified atom stereocenters. The molecular weight excluding hydrogens is 397 g/mol. The highest BCUT2D eigenvalue weighted by Crippen LogP contribution is 2.32. The SMILES string of the molecule is CCCCOCCCNCc1cccc(OC)c1OCc1ccccc1Cl.Cl. The number of rotatable bonds is 13. The molecule has 1 N–H and O–H groups in total. The van der Waals surface area contributed by atoms with Crippen LogP contribution in [-0.2, 0) is 17.9 Å². The van der Waals surface area contributed by atoms with Crippen molar-refractivity contribution in [2.45, 2.75) is 39.3 Å². The summed E-state index contributed by atoms with van der Waals surface area (Å²) in [5.74, 6) is 1.48. The van der Waals surface area contributed by atoms with Crippen LogP contribution in [0.1, 0.15) is 37.3 Å². The number of benzene rings is 2. The number of nitrogens with one attached hydrogen (secondary N) is 1. The Bertz CT molecular complexity index is 683. The van der Waals surface area contributed by atoms with Crippen LogP contribution in [0.4, 0.5) is 0 Å². The predicted molar refractivity (Wildman–Crippen MR) is 118 cm³/mol. The summed E-state index contributed by atoms with van der Waals surface area (Å²) in [6.07, 6.45) is 3.29. The van der Waals surface area contributed by atoms with Crippen LogP contribution in [0.3, 0.4) is 0 Å². The Labute approximate surface area is 179 Å². The van der Waals surface area contributed by atoms with Crippen molar-refractivity contribution < 1.29 is 14.2 Å². The molecule has 28 heavy (non-hydrogen) atoms. The topological polar surface area (TPSA) is 39.7 Å². The molecule has 0 aromatic heterocycles. The smallest absolute Gasteiger partial charge is 0.166 e. The van der Waals surface area contributed by atoms with E-state index >= 15 is 0 Å². The van der Waals surface area contributed by atoms with Gasteiger partial charge in [0.1, 0.15) is 6.61 Å². The summed E-state index contributed by atoms with van der Waals surface area (Å²) in [7, 11) is 1.66. The van der Waals surface area contributed by atoms with Gasteiger partial charge in [-0.15, -0.1) is 12.4 Å². The molecule has 0 spiro atoms. The van der Waals surface area contributed by atoms with Gasteiger partial charge in [-0.1, -0.05) is 55.3 Å². The first-order valence-electron chi connectivity index (χ1n) is 9.56. The Morgan fingerprint density at radius 1 is 0.964 bits per heavy atom. The maximum Gasteiger partial charge on any atom is 0.166 e. The molecule has 0 saturated carbocycles. The van der Waals surface area contributed by atoms with Gasteiger partial charge in [-0.3, -0.25) is 0 Å². The van der Waals surface area contributed by atoms with Crippen molar-refractivity contribution in [2.24, 2.45) is 0 Å². The van der Waals surface area contributed by atoms with Gasteiger partial charge in [-0.2, -0.15) is 0 Å². The molecule has 156 valence electrons. The largest absolute Gasteiger partial charge is 0.493 e. The van der Waals surface area contributed by atoms with Gasteiger partial charge >= 0.3 is 0 Å². The maximum atomic E-state index is 6.23. The summed E-state index contributed by atoms with van der Waals surface area (Å²) in [4.78, 5) is 0. The van der Waals surface area contributed by atoms with E-state index in [4.69, 9.17) is 25.8 Å². The molecular formula is C22H31Cl2NO3. The number of ether oxygens (including phenoxy) is 3. The van der Waals surface area contributed by atoms with Gasteiger partial charge in [-0.25, -0.2) is 0 Å². The van der Waals surface area contributed by atoms with Crippen LogP contribution in [-0.4, -0.2) is 26.9 Å². The predicted octanol–water partition coefficient (Wildman–Crippen LogP) is 5.65. The van der Waals surface area contributed by atoms with E-state index in [9.17, 15) is 0 Å². The van der Waals surface area contributed by atoms with Crippen molar-refractivity contribution in [3.05, 3.63) is 58.6 Å². The molecule has 2 rings (SSSR count). The van der Waals surface area contributed by atoms with E-state index < -0.39 is 0 Å². The number of methoxy groups -OCH3 is 1. The Morgan fingerprint density at radius 2 is 1.71 bits per heavy atom. The molecule has 0 aliphatic carbocycles. The number of halogens is 2. The van der Waals surface area contributed by atoms with Crippen LogP contribution < -0.4 is 14.8 Å².